The lowest BCUT2D eigenvalue weighted by molar-refractivity contribution is -0.384. The molecule has 0 bridgehead atoms. The van der Waals surface area contributed by atoms with Crippen LogP contribution in [0.4, 0.5) is 24.3 Å². The van der Waals surface area contributed by atoms with Crippen molar-refractivity contribution in [1.29, 1.82) is 0 Å². The van der Waals surface area contributed by atoms with E-state index in [1.165, 1.54) is 25.2 Å². The van der Waals surface area contributed by atoms with Gasteiger partial charge in [0.15, 0.2) is 0 Å². The van der Waals surface area contributed by atoms with Gasteiger partial charge in [-0.1, -0.05) is 6.07 Å². The van der Waals surface area contributed by atoms with E-state index in [1.54, 1.807) is 26.0 Å². The molecular formula is C24H22F2N2O6S. The Morgan fingerprint density at radius 3 is 2.29 bits per heavy atom. The molecule has 3 rings (SSSR count). The lowest BCUT2D eigenvalue weighted by Gasteiger charge is -2.17. The summed E-state index contributed by atoms with van der Waals surface area (Å²) in [7, 11) is 1.40. The zero-order valence-corrected chi connectivity index (χ0v) is 20.0. The molecule has 1 heterocycles. The Bertz CT molecular complexity index is 1240. The standard InChI is InChI=1S/C24H22F2N2O6S/c1-4-33-23(29)20-14(2)21(15-8-10-16(11-9-15)28(31)32)35-22(20)27(3)24(30)34-13-12-17-18(25)6-5-7-19(17)26/h5-11H,4,12-13H2,1-3H3. The SMILES string of the molecule is CCOC(=O)c1c(N(C)C(=O)OCCc2c(F)cccc2F)sc(-c2ccc([N+](=O)[O-])cc2)c1C. The van der Waals surface area contributed by atoms with Crippen molar-refractivity contribution in [2.45, 2.75) is 20.3 Å². The van der Waals surface area contributed by atoms with Crippen molar-refractivity contribution < 1.29 is 32.8 Å². The third kappa shape index (κ3) is 5.62. The number of anilines is 1. The molecule has 0 aliphatic heterocycles. The number of benzene rings is 2. The second kappa shape index (κ2) is 11.0. The maximum Gasteiger partial charge on any atom is 0.414 e. The van der Waals surface area contributed by atoms with Crippen LogP contribution in [-0.2, 0) is 15.9 Å². The number of thiophene rings is 1. The van der Waals surface area contributed by atoms with Gasteiger partial charge in [-0.2, -0.15) is 0 Å². The Morgan fingerprint density at radius 1 is 1.09 bits per heavy atom. The molecule has 0 unspecified atom stereocenters. The Hall–Kier alpha value is -3.86. The molecule has 0 aliphatic rings. The molecular weight excluding hydrogens is 482 g/mol. The number of amides is 1. The Balaban J connectivity index is 1.87. The zero-order chi connectivity index (χ0) is 25.7. The second-order valence-electron chi connectivity index (χ2n) is 7.38. The minimum atomic E-state index is -0.830. The monoisotopic (exact) mass is 504 g/mol. The molecule has 0 aliphatic carbocycles. The summed E-state index contributed by atoms with van der Waals surface area (Å²) in [6.07, 6.45) is -0.996. The van der Waals surface area contributed by atoms with Gasteiger partial charge >= 0.3 is 12.1 Å². The highest BCUT2D eigenvalue weighted by molar-refractivity contribution is 7.20. The van der Waals surface area contributed by atoms with Gasteiger partial charge in [-0.3, -0.25) is 15.0 Å². The molecule has 2 aromatic carbocycles. The minimum absolute atomic E-state index is 0.0826. The number of esters is 1. The van der Waals surface area contributed by atoms with E-state index >= 15 is 0 Å². The minimum Gasteiger partial charge on any atom is -0.462 e. The molecule has 0 radical (unpaired) electrons. The average molecular weight is 505 g/mol. The Morgan fingerprint density at radius 2 is 1.71 bits per heavy atom. The first kappa shape index (κ1) is 25.8. The van der Waals surface area contributed by atoms with Crippen LogP contribution in [0.2, 0.25) is 0 Å². The number of nitro benzene ring substituents is 1. The maximum atomic E-state index is 13.8. The van der Waals surface area contributed by atoms with Gasteiger partial charge in [-0.15, -0.1) is 11.3 Å². The molecule has 0 N–H and O–H groups in total. The van der Waals surface area contributed by atoms with Gasteiger partial charge < -0.3 is 9.47 Å². The van der Waals surface area contributed by atoms with E-state index in [4.69, 9.17) is 9.47 Å². The lowest BCUT2D eigenvalue weighted by atomic mass is 10.1. The van der Waals surface area contributed by atoms with Crippen LogP contribution in [0.1, 0.15) is 28.4 Å². The van der Waals surface area contributed by atoms with Crippen molar-refractivity contribution in [2.24, 2.45) is 0 Å². The number of non-ortho nitro benzene ring substituents is 1. The number of nitrogens with zero attached hydrogens (tertiary/aromatic N) is 2. The summed E-state index contributed by atoms with van der Waals surface area (Å²) in [4.78, 5) is 37.6. The molecule has 0 saturated carbocycles. The fourth-order valence-corrected chi connectivity index (χ4v) is 4.63. The zero-order valence-electron chi connectivity index (χ0n) is 19.2. The quantitative estimate of drug-likeness (QED) is 0.215. The van der Waals surface area contributed by atoms with Gasteiger partial charge in [0.05, 0.1) is 23.7 Å². The molecule has 35 heavy (non-hydrogen) atoms. The highest BCUT2D eigenvalue weighted by atomic mass is 32.1. The van der Waals surface area contributed by atoms with Gasteiger partial charge in [0.25, 0.3) is 5.69 Å². The Labute approximate surface area is 203 Å². The van der Waals surface area contributed by atoms with Crippen LogP contribution in [0.25, 0.3) is 10.4 Å². The highest BCUT2D eigenvalue weighted by Crippen LogP contribution is 2.42. The van der Waals surface area contributed by atoms with Crippen LogP contribution in [0, 0.1) is 28.7 Å². The fraction of sp³-hybridized carbons (Fsp3) is 0.250. The number of hydrogen-bond acceptors (Lipinski definition) is 7. The first-order valence-electron chi connectivity index (χ1n) is 10.5. The van der Waals surface area contributed by atoms with Crippen LogP contribution in [0.5, 0.6) is 0 Å². The lowest BCUT2D eigenvalue weighted by Crippen LogP contribution is -2.28. The number of carbonyl (C=O) groups is 2. The van der Waals surface area contributed by atoms with Crippen LogP contribution in [0.3, 0.4) is 0 Å². The Kier molecular flexibility index (Phi) is 8.13. The van der Waals surface area contributed by atoms with E-state index in [0.29, 0.717) is 16.0 Å². The summed E-state index contributed by atoms with van der Waals surface area (Å²) in [6, 6.07) is 9.27. The number of hydrogen-bond donors (Lipinski definition) is 0. The number of carbonyl (C=O) groups excluding carboxylic acids is 2. The smallest absolute Gasteiger partial charge is 0.414 e. The van der Waals surface area contributed by atoms with Crippen LogP contribution in [-0.4, -0.2) is 37.2 Å². The van der Waals surface area contributed by atoms with E-state index in [-0.39, 0.29) is 41.4 Å². The largest absolute Gasteiger partial charge is 0.462 e. The topological polar surface area (TPSA) is 99.0 Å². The van der Waals surface area contributed by atoms with E-state index in [0.717, 1.165) is 28.4 Å². The molecule has 11 heteroatoms. The highest BCUT2D eigenvalue weighted by Gasteiger charge is 2.28. The van der Waals surface area contributed by atoms with Crippen molar-refractivity contribution in [3.05, 3.63) is 80.9 Å². The first-order chi connectivity index (χ1) is 16.6. The first-order valence-corrected chi connectivity index (χ1v) is 11.4. The molecule has 0 fully saturated rings. The normalized spacial score (nSPS) is 10.7. The molecule has 0 saturated heterocycles. The van der Waals surface area contributed by atoms with Crippen molar-refractivity contribution in [3.63, 3.8) is 0 Å². The molecule has 0 spiro atoms. The summed E-state index contributed by atoms with van der Waals surface area (Å²) in [5, 5.41) is 11.2. The van der Waals surface area contributed by atoms with Crippen LogP contribution in [0.15, 0.2) is 42.5 Å². The summed E-state index contributed by atoms with van der Waals surface area (Å²) in [6.45, 7) is 3.16. The van der Waals surface area contributed by atoms with Crippen LogP contribution >= 0.6 is 11.3 Å². The van der Waals surface area contributed by atoms with Crippen molar-refractivity contribution >= 4 is 34.1 Å². The molecule has 3 aromatic rings. The summed E-state index contributed by atoms with van der Waals surface area (Å²) in [5.74, 6) is -2.11. The third-order valence-corrected chi connectivity index (χ3v) is 6.58. The van der Waals surface area contributed by atoms with E-state index < -0.39 is 28.6 Å². The van der Waals surface area contributed by atoms with E-state index in [9.17, 15) is 28.5 Å². The van der Waals surface area contributed by atoms with Crippen molar-refractivity contribution in [1.82, 2.24) is 0 Å². The third-order valence-electron chi connectivity index (χ3n) is 5.17. The van der Waals surface area contributed by atoms with E-state index in [1.807, 2.05) is 0 Å². The molecule has 1 aromatic heterocycles. The molecule has 8 nitrogen and oxygen atoms in total. The van der Waals surface area contributed by atoms with Crippen molar-refractivity contribution in [2.75, 3.05) is 25.2 Å². The fourth-order valence-electron chi connectivity index (χ4n) is 3.38. The van der Waals surface area contributed by atoms with Gasteiger partial charge in [0.1, 0.15) is 16.6 Å². The predicted molar refractivity (Wildman–Crippen MR) is 127 cm³/mol. The second-order valence-corrected chi connectivity index (χ2v) is 8.38. The summed E-state index contributed by atoms with van der Waals surface area (Å²) < 4.78 is 38.0. The predicted octanol–water partition coefficient (Wildman–Crippen LogP) is 5.90. The van der Waals surface area contributed by atoms with Gasteiger partial charge in [0, 0.05) is 36.0 Å². The molecule has 1 amide bonds. The molecule has 184 valence electrons. The van der Waals surface area contributed by atoms with Gasteiger partial charge in [-0.25, -0.2) is 18.4 Å². The summed E-state index contributed by atoms with van der Waals surface area (Å²) >= 11 is 1.11. The molecule has 0 atom stereocenters. The van der Waals surface area contributed by atoms with Gasteiger partial charge in [-0.05, 0) is 49.2 Å². The average Bonchev–Trinajstić information content (AvgIpc) is 3.17. The number of ether oxygens (including phenoxy) is 2. The van der Waals surface area contributed by atoms with E-state index in [2.05, 4.69) is 0 Å². The van der Waals surface area contributed by atoms with Crippen LogP contribution < -0.4 is 4.90 Å². The van der Waals surface area contributed by atoms with Crippen molar-refractivity contribution in [3.8, 4) is 10.4 Å². The number of rotatable bonds is 8. The number of nitro groups is 1. The maximum absolute atomic E-state index is 13.8. The van der Waals surface area contributed by atoms with Gasteiger partial charge in [0.2, 0.25) is 0 Å². The number of halogens is 2. The summed E-state index contributed by atoms with van der Waals surface area (Å²) in [5.41, 5.74) is 1.03.